The van der Waals surface area contributed by atoms with Gasteiger partial charge in [0.05, 0.1) is 0 Å². The quantitative estimate of drug-likeness (QED) is 0.497. The molecule has 10 heavy (non-hydrogen) atoms. The summed E-state index contributed by atoms with van der Waals surface area (Å²) >= 11 is 0. The van der Waals surface area contributed by atoms with Crippen LogP contribution in [0.3, 0.4) is 0 Å². The zero-order valence-electron chi connectivity index (χ0n) is 4.86. The molecule has 1 saturated heterocycles. The first-order valence-electron chi connectivity index (χ1n) is 2.34. The van der Waals surface area contributed by atoms with Gasteiger partial charge >= 0.3 is 18.1 Å². The molecule has 0 radical (unpaired) electrons. The van der Waals surface area contributed by atoms with Crippen molar-refractivity contribution in [3.63, 3.8) is 0 Å². The summed E-state index contributed by atoms with van der Waals surface area (Å²) in [6.45, 7) is 0.415. The molecular weight excluding hydrogens is 153 g/mol. The first kappa shape index (κ1) is 7.17. The topological polar surface area (TPSA) is 35.5 Å². The number of carbonyl (C=O) groups excluding carboxylic acids is 1. The maximum absolute atomic E-state index is 12.3. The summed E-state index contributed by atoms with van der Waals surface area (Å²) in [7, 11) is 0. The molecule has 1 fully saturated rings. The second kappa shape index (κ2) is 1.56. The number of carbonyl (C=O) groups is 1. The Morgan fingerprint density at radius 1 is 1.30 bits per heavy atom. The molecule has 0 amide bonds. The third-order valence-electron chi connectivity index (χ3n) is 1.01. The maximum Gasteiger partial charge on any atom is 0.516 e. The fourth-order valence-electron chi connectivity index (χ4n) is 0.433. The van der Waals surface area contributed by atoms with E-state index in [1.807, 2.05) is 0 Å². The minimum absolute atomic E-state index is 0.415. The van der Waals surface area contributed by atoms with Crippen molar-refractivity contribution >= 4 is 6.16 Å². The Morgan fingerprint density at radius 3 is 1.90 bits per heavy atom. The van der Waals surface area contributed by atoms with Gasteiger partial charge in [0.1, 0.15) is 0 Å². The van der Waals surface area contributed by atoms with E-state index in [1.165, 1.54) is 0 Å². The molecule has 1 aliphatic rings. The van der Waals surface area contributed by atoms with Crippen molar-refractivity contribution in [2.24, 2.45) is 0 Å². The average Bonchev–Trinajstić information content (AvgIpc) is 1.73. The van der Waals surface area contributed by atoms with Crippen LogP contribution in [0.4, 0.5) is 18.0 Å². The van der Waals surface area contributed by atoms with Crippen LogP contribution in [0.15, 0.2) is 0 Å². The molecule has 0 aromatic heterocycles. The minimum Gasteiger partial charge on any atom is -0.386 e. The highest BCUT2D eigenvalue weighted by atomic mass is 19.3. The molecule has 1 heterocycles. The van der Waals surface area contributed by atoms with Gasteiger partial charge in [0.2, 0.25) is 0 Å². The number of hydrogen-bond donors (Lipinski definition) is 0. The average molecular weight is 156 g/mol. The highest BCUT2D eigenvalue weighted by Gasteiger charge is 2.65. The van der Waals surface area contributed by atoms with E-state index in [1.54, 1.807) is 0 Å². The van der Waals surface area contributed by atoms with Gasteiger partial charge in [0.25, 0.3) is 0 Å². The Labute approximate surface area is 53.7 Å². The van der Waals surface area contributed by atoms with Crippen LogP contribution in [-0.4, -0.2) is 18.1 Å². The van der Waals surface area contributed by atoms with Gasteiger partial charge in [-0.05, 0) is 0 Å². The fourth-order valence-corrected chi connectivity index (χ4v) is 0.433. The van der Waals surface area contributed by atoms with Gasteiger partial charge in [-0.25, -0.2) is 4.79 Å². The predicted molar refractivity (Wildman–Crippen MR) is 22.0 cm³/mol. The highest BCUT2D eigenvalue weighted by molar-refractivity contribution is 5.63. The molecule has 6 heteroatoms. The molecule has 0 aliphatic carbocycles. The molecule has 1 rings (SSSR count). The Hall–Kier alpha value is -0.940. The Balaban J connectivity index is 2.88. The lowest BCUT2D eigenvalue weighted by atomic mass is 10.3. The molecule has 0 aromatic carbocycles. The summed E-state index contributed by atoms with van der Waals surface area (Å²) in [5.41, 5.74) is 0. The van der Waals surface area contributed by atoms with Crippen LogP contribution in [0, 0.1) is 0 Å². The van der Waals surface area contributed by atoms with E-state index in [-0.39, 0.29) is 0 Å². The van der Waals surface area contributed by atoms with Crippen LogP contribution in [0.5, 0.6) is 0 Å². The zero-order chi connectivity index (χ0) is 7.99. The SMILES string of the molecule is C[C@]1(F)OC(=O)OC1(F)F. The Kier molecular flexibility index (Phi) is 1.12. The van der Waals surface area contributed by atoms with Crippen molar-refractivity contribution in [1.29, 1.82) is 0 Å². The predicted octanol–water partition coefficient (Wildman–Crippen LogP) is 1.43. The van der Waals surface area contributed by atoms with Crippen molar-refractivity contribution < 1.29 is 27.4 Å². The Bertz CT molecular complexity index is 159. The van der Waals surface area contributed by atoms with E-state index in [4.69, 9.17) is 0 Å². The summed E-state index contributed by atoms with van der Waals surface area (Å²) in [6.07, 6.45) is -5.88. The van der Waals surface area contributed by atoms with Crippen molar-refractivity contribution in [3.8, 4) is 0 Å². The Morgan fingerprint density at radius 2 is 1.80 bits per heavy atom. The monoisotopic (exact) mass is 156 g/mol. The second-order valence-electron chi connectivity index (χ2n) is 1.89. The smallest absolute Gasteiger partial charge is 0.386 e. The molecule has 0 aromatic rings. The molecule has 58 valence electrons. The molecule has 0 spiro atoms. The van der Waals surface area contributed by atoms with E-state index in [9.17, 15) is 18.0 Å². The standard InChI is InChI=1S/C4H3F3O3/c1-3(5)4(6,7)10-2(8)9-3/h1H3/t3-/m0/s1. The van der Waals surface area contributed by atoms with Crippen LogP contribution >= 0.6 is 0 Å². The van der Waals surface area contributed by atoms with Crippen LogP contribution in [0.25, 0.3) is 0 Å². The molecule has 1 atom stereocenters. The van der Waals surface area contributed by atoms with E-state index in [2.05, 4.69) is 9.47 Å². The van der Waals surface area contributed by atoms with Crippen LogP contribution in [-0.2, 0) is 9.47 Å². The normalized spacial score (nSPS) is 37.0. The molecule has 0 saturated carbocycles. The summed E-state index contributed by atoms with van der Waals surface area (Å²) in [5, 5.41) is 0. The van der Waals surface area contributed by atoms with Crippen molar-refractivity contribution in [2.75, 3.05) is 0 Å². The summed E-state index contributed by atoms with van der Waals surface area (Å²) in [5.74, 6) is -3.34. The number of alkyl halides is 3. The third kappa shape index (κ3) is 0.795. The lowest BCUT2D eigenvalue weighted by molar-refractivity contribution is -0.279. The van der Waals surface area contributed by atoms with Crippen LogP contribution in [0.2, 0.25) is 0 Å². The van der Waals surface area contributed by atoms with E-state index < -0.39 is 18.1 Å². The van der Waals surface area contributed by atoms with E-state index in [0.717, 1.165) is 0 Å². The summed E-state index contributed by atoms with van der Waals surface area (Å²) < 4.78 is 43.1. The summed E-state index contributed by atoms with van der Waals surface area (Å²) in [4.78, 5) is 9.91. The maximum atomic E-state index is 12.3. The largest absolute Gasteiger partial charge is 0.516 e. The molecule has 0 bridgehead atoms. The second-order valence-corrected chi connectivity index (χ2v) is 1.89. The van der Waals surface area contributed by atoms with Crippen LogP contribution < -0.4 is 0 Å². The fraction of sp³-hybridized carbons (Fsp3) is 0.750. The van der Waals surface area contributed by atoms with E-state index >= 15 is 0 Å². The zero-order valence-corrected chi connectivity index (χ0v) is 4.86. The van der Waals surface area contributed by atoms with Gasteiger partial charge in [-0.1, -0.05) is 0 Å². The lowest BCUT2D eigenvalue weighted by Crippen LogP contribution is -2.37. The van der Waals surface area contributed by atoms with Gasteiger partial charge in [-0.3, -0.25) is 0 Å². The van der Waals surface area contributed by atoms with Gasteiger partial charge in [0.15, 0.2) is 0 Å². The number of cyclic esters (lactones) is 2. The molecular formula is C4H3F3O3. The highest BCUT2D eigenvalue weighted by Crippen LogP contribution is 2.40. The first-order valence-corrected chi connectivity index (χ1v) is 2.34. The van der Waals surface area contributed by atoms with Crippen molar-refractivity contribution in [2.45, 2.75) is 18.9 Å². The molecule has 1 aliphatic heterocycles. The number of halogens is 3. The van der Waals surface area contributed by atoms with Gasteiger partial charge in [-0.2, -0.15) is 13.2 Å². The minimum atomic E-state index is -4.18. The van der Waals surface area contributed by atoms with Crippen molar-refractivity contribution in [1.82, 2.24) is 0 Å². The van der Waals surface area contributed by atoms with Gasteiger partial charge in [-0.15, -0.1) is 0 Å². The number of rotatable bonds is 0. The first-order chi connectivity index (χ1) is 4.35. The third-order valence-corrected chi connectivity index (χ3v) is 1.01. The van der Waals surface area contributed by atoms with E-state index in [0.29, 0.717) is 6.92 Å². The van der Waals surface area contributed by atoms with Gasteiger partial charge < -0.3 is 9.47 Å². The molecule has 0 N–H and O–H groups in total. The number of hydrogen-bond acceptors (Lipinski definition) is 3. The molecule has 3 nitrogen and oxygen atoms in total. The molecule has 0 unspecified atom stereocenters. The van der Waals surface area contributed by atoms with Crippen LogP contribution in [0.1, 0.15) is 6.92 Å². The van der Waals surface area contributed by atoms with Crippen molar-refractivity contribution in [3.05, 3.63) is 0 Å². The number of ether oxygens (including phenoxy) is 2. The van der Waals surface area contributed by atoms with Gasteiger partial charge in [0, 0.05) is 6.92 Å². The summed E-state index contributed by atoms with van der Waals surface area (Å²) in [6, 6.07) is 0. The lowest BCUT2D eigenvalue weighted by Gasteiger charge is -2.14.